The Labute approximate surface area is 149 Å². The molecular formula is C17H18Br2N2O. The zero-order valence-electron chi connectivity index (χ0n) is 12.2. The Morgan fingerprint density at radius 2 is 1.95 bits per heavy atom. The molecule has 1 heterocycles. The minimum atomic E-state index is -0.0476. The minimum Gasteiger partial charge on any atom is -0.384 e. The van der Waals surface area contributed by atoms with Gasteiger partial charge in [0.15, 0.2) is 0 Å². The van der Waals surface area contributed by atoms with E-state index in [4.69, 9.17) is 0 Å². The lowest BCUT2D eigenvalue weighted by molar-refractivity contribution is 0.0940. The maximum atomic E-state index is 12.2. The van der Waals surface area contributed by atoms with Crippen LogP contribution in [-0.4, -0.2) is 12.5 Å². The van der Waals surface area contributed by atoms with Gasteiger partial charge in [0.2, 0.25) is 0 Å². The van der Waals surface area contributed by atoms with Gasteiger partial charge in [-0.05, 0) is 54.8 Å². The van der Waals surface area contributed by atoms with Crippen LogP contribution in [0.1, 0.15) is 34.5 Å². The van der Waals surface area contributed by atoms with Crippen molar-refractivity contribution in [3.8, 4) is 0 Å². The van der Waals surface area contributed by atoms with Crippen molar-refractivity contribution in [2.75, 3.05) is 11.9 Å². The molecule has 2 aromatic carbocycles. The molecule has 0 spiro atoms. The molecule has 0 aromatic heterocycles. The van der Waals surface area contributed by atoms with Crippen molar-refractivity contribution in [2.45, 2.75) is 19.4 Å². The molecule has 0 saturated carbocycles. The molecule has 22 heavy (non-hydrogen) atoms. The number of fused-ring (bicyclic) bond motifs is 1. The van der Waals surface area contributed by atoms with Gasteiger partial charge in [-0.15, -0.1) is 17.0 Å². The van der Waals surface area contributed by atoms with E-state index in [9.17, 15) is 4.79 Å². The second-order valence-corrected chi connectivity index (χ2v) is 6.21. The van der Waals surface area contributed by atoms with E-state index in [0.717, 1.165) is 23.0 Å². The second kappa shape index (κ2) is 7.29. The van der Waals surface area contributed by atoms with Gasteiger partial charge in [0, 0.05) is 22.3 Å². The standard InChI is InChI=1S/C17H17BrN2O.BrH/c1-11(13-4-7-16-14(10-13)8-9-19-16)20-17(21)12-2-5-15(18)6-3-12;/h2-7,10-11,19H,8-9H2,1H3,(H,20,21);1H/t11-;/m1./s1. The molecule has 0 saturated heterocycles. The van der Waals surface area contributed by atoms with Gasteiger partial charge in [-0.1, -0.05) is 28.1 Å². The number of hydrogen-bond acceptors (Lipinski definition) is 2. The zero-order chi connectivity index (χ0) is 14.8. The first-order chi connectivity index (χ1) is 10.1. The lowest BCUT2D eigenvalue weighted by Crippen LogP contribution is -2.26. The summed E-state index contributed by atoms with van der Waals surface area (Å²) in [4.78, 5) is 12.2. The average molecular weight is 426 g/mol. The van der Waals surface area contributed by atoms with E-state index in [1.54, 1.807) is 0 Å². The highest BCUT2D eigenvalue weighted by molar-refractivity contribution is 9.10. The third kappa shape index (κ3) is 3.70. The van der Waals surface area contributed by atoms with Crippen LogP contribution in [0, 0.1) is 0 Å². The number of carbonyl (C=O) groups excluding carboxylic acids is 1. The summed E-state index contributed by atoms with van der Waals surface area (Å²) < 4.78 is 0.971. The summed E-state index contributed by atoms with van der Waals surface area (Å²) in [6, 6.07) is 13.7. The molecule has 1 atom stereocenters. The first kappa shape index (κ1) is 17.0. The molecule has 116 valence electrons. The number of hydrogen-bond donors (Lipinski definition) is 2. The van der Waals surface area contributed by atoms with Crippen molar-refractivity contribution in [1.82, 2.24) is 5.32 Å². The van der Waals surface area contributed by atoms with E-state index >= 15 is 0 Å². The van der Waals surface area contributed by atoms with Crippen LogP contribution in [0.2, 0.25) is 0 Å². The van der Waals surface area contributed by atoms with Crippen LogP contribution in [0.4, 0.5) is 5.69 Å². The van der Waals surface area contributed by atoms with Crippen molar-refractivity contribution in [1.29, 1.82) is 0 Å². The molecule has 0 bridgehead atoms. The van der Waals surface area contributed by atoms with E-state index in [1.165, 1.54) is 11.3 Å². The van der Waals surface area contributed by atoms with Crippen LogP contribution in [0.25, 0.3) is 0 Å². The van der Waals surface area contributed by atoms with Gasteiger partial charge < -0.3 is 10.6 Å². The number of anilines is 1. The highest BCUT2D eigenvalue weighted by Crippen LogP contribution is 2.25. The second-order valence-electron chi connectivity index (χ2n) is 5.30. The van der Waals surface area contributed by atoms with Crippen LogP contribution < -0.4 is 10.6 Å². The van der Waals surface area contributed by atoms with Gasteiger partial charge in [0.05, 0.1) is 6.04 Å². The Morgan fingerprint density at radius 3 is 2.68 bits per heavy atom. The minimum absolute atomic E-state index is 0. The quantitative estimate of drug-likeness (QED) is 0.760. The Hall–Kier alpha value is -1.33. The normalized spacial score (nSPS) is 13.5. The predicted molar refractivity (Wildman–Crippen MR) is 99.0 cm³/mol. The topological polar surface area (TPSA) is 41.1 Å². The third-order valence-electron chi connectivity index (χ3n) is 3.79. The van der Waals surface area contributed by atoms with Crippen molar-refractivity contribution >= 4 is 44.5 Å². The first-order valence-corrected chi connectivity index (χ1v) is 7.86. The number of rotatable bonds is 3. The third-order valence-corrected chi connectivity index (χ3v) is 4.32. The molecule has 1 amide bonds. The molecular weight excluding hydrogens is 408 g/mol. The van der Waals surface area contributed by atoms with E-state index in [-0.39, 0.29) is 28.9 Å². The van der Waals surface area contributed by atoms with Crippen molar-refractivity contribution in [3.05, 3.63) is 63.6 Å². The summed E-state index contributed by atoms with van der Waals surface area (Å²) in [6.45, 7) is 3.01. The van der Waals surface area contributed by atoms with Crippen molar-refractivity contribution in [3.63, 3.8) is 0 Å². The average Bonchev–Trinajstić information content (AvgIpc) is 2.95. The van der Waals surface area contributed by atoms with Gasteiger partial charge in [-0.25, -0.2) is 0 Å². The van der Waals surface area contributed by atoms with E-state index in [0.29, 0.717) is 5.56 Å². The number of nitrogens with one attached hydrogen (secondary N) is 2. The highest BCUT2D eigenvalue weighted by atomic mass is 79.9. The molecule has 2 aromatic rings. The summed E-state index contributed by atoms with van der Waals surface area (Å²) in [6.07, 6.45) is 1.05. The molecule has 3 rings (SSSR count). The van der Waals surface area contributed by atoms with Gasteiger partial charge in [-0.3, -0.25) is 4.79 Å². The fraction of sp³-hybridized carbons (Fsp3) is 0.235. The van der Waals surface area contributed by atoms with Crippen molar-refractivity contribution in [2.24, 2.45) is 0 Å². The van der Waals surface area contributed by atoms with Gasteiger partial charge in [0.25, 0.3) is 5.91 Å². The van der Waals surface area contributed by atoms with E-state index in [2.05, 4.69) is 44.8 Å². The van der Waals surface area contributed by atoms with Crippen LogP contribution in [-0.2, 0) is 6.42 Å². The van der Waals surface area contributed by atoms with Crippen LogP contribution >= 0.6 is 32.9 Å². The fourth-order valence-electron chi connectivity index (χ4n) is 2.56. The Morgan fingerprint density at radius 1 is 1.23 bits per heavy atom. The summed E-state index contributed by atoms with van der Waals surface area (Å²) in [7, 11) is 0. The number of halogens is 2. The Kier molecular flexibility index (Phi) is 5.64. The van der Waals surface area contributed by atoms with E-state index < -0.39 is 0 Å². The van der Waals surface area contributed by atoms with Crippen molar-refractivity contribution < 1.29 is 4.79 Å². The van der Waals surface area contributed by atoms with Gasteiger partial charge >= 0.3 is 0 Å². The van der Waals surface area contributed by atoms with Crippen LogP contribution in [0.5, 0.6) is 0 Å². The van der Waals surface area contributed by atoms with E-state index in [1.807, 2.05) is 31.2 Å². The van der Waals surface area contributed by atoms with Gasteiger partial charge in [0.1, 0.15) is 0 Å². The number of amides is 1. The van der Waals surface area contributed by atoms with Gasteiger partial charge in [-0.2, -0.15) is 0 Å². The first-order valence-electron chi connectivity index (χ1n) is 7.06. The summed E-state index contributed by atoms with van der Waals surface area (Å²) in [5.74, 6) is -0.0476. The summed E-state index contributed by atoms with van der Waals surface area (Å²) >= 11 is 3.37. The summed E-state index contributed by atoms with van der Waals surface area (Å²) in [5.41, 5.74) is 4.36. The highest BCUT2D eigenvalue weighted by Gasteiger charge is 2.15. The predicted octanol–water partition coefficient (Wildman–Crippen LogP) is 4.49. The molecule has 2 N–H and O–H groups in total. The smallest absolute Gasteiger partial charge is 0.251 e. The number of benzene rings is 2. The Balaban J connectivity index is 0.00000176. The molecule has 3 nitrogen and oxygen atoms in total. The lowest BCUT2D eigenvalue weighted by Gasteiger charge is -2.15. The zero-order valence-corrected chi connectivity index (χ0v) is 15.5. The molecule has 0 unspecified atom stereocenters. The molecule has 5 heteroatoms. The molecule has 0 fully saturated rings. The summed E-state index contributed by atoms with van der Waals surface area (Å²) in [5, 5.41) is 6.39. The maximum Gasteiger partial charge on any atom is 0.251 e. The largest absolute Gasteiger partial charge is 0.384 e. The molecule has 1 aliphatic rings. The van der Waals surface area contributed by atoms with Crippen LogP contribution in [0.3, 0.4) is 0 Å². The van der Waals surface area contributed by atoms with Crippen LogP contribution in [0.15, 0.2) is 46.9 Å². The molecule has 1 aliphatic heterocycles. The lowest BCUT2D eigenvalue weighted by atomic mass is 10.0. The molecule has 0 radical (unpaired) electrons. The maximum absolute atomic E-state index is 12.2. The Bertz CT molecular complexity index is 671. The molecule has 0 aliphatic carbocycles. The number of carbonyl (C=O) groups is 1. The fourth-order valence-corrected chi connectivity index (χ4v) is 2.82. The monoisotopic (exact) mass is 424 g/mol. The SMILES string of the molecule is Br.C[C@@H](NC(=O)c1ccc(Br)cc1)c1ccc2c(c1)CCN2.